The molecule has 1 heterocycles. The van der Waals surface area contributed by atoms with Crippen molar-refractivity contribution in [2.24, 2.45) is 0 Å². The Morgan fingerprint density at radius 2 is 1.55 bits per heavy atom. The monoisotopic (exact) mass is 414 g/mol. The number of carbonyl (C=O) groups excluding carboxylic acids is 3. The van der Waals surface area contributed by atoms with Gasteiger partial charge in [0.05, 0.1) is 0 Å². The molecule has 0 aliphatic carbocycles. The average Bonchev–Trinajstić information content (AvgIpc) is 3.08. The number of rotatable bonds is 4. The Bertz CT molecular complexity index is 1190. The molecule has 31 heavy (non-hydrogen) atoms. The van der Waals surface area contributed by atoms with E-state index in [-0.39, 0.29) is 17.8 Å². The van der Waals surface area contributed by atoms with Crippen LogP contribution in [0.25, 0.3) is 11.1 Å². The highest BCUT2D eigenvalue weighted by atomic mass is 16.2. The Labute approximate surface area is 179 Å². The topological polar surface area (TPSA) is 99.3 Å². The van der Waals surface area contributed by atoms with Crippen LogP contribution in [-0.2, 0) is 11.3 Å². The smallest absolute Gasteiger partial charge is 0.323 e. The molecule has 3 aromatic rings. The van der Waals surface area contributed by atoms with Crippen LogP contribution in [0, 0.1) is 6.92 Å². The maximum Gasteiger partial charge on any atom is 0.323 e. The number of amides is 4. The first-order valence-electron chi connectivity index (χ1n) is 9.87. The van der Waals surface area contributed by atoms with Gasteiger partial charge in [0, 0.05) is 36.1 Å². The van der Waals surface area contributed by atoms with E-state index >= 15 is 0 Å². The van der Waals surface area contributed by atoms with Crippen LogP contribution < -0.4 is 21.3 Å². The van der Waals surface area contributed by atoms with E-state index in [4.69, 9.17) is 0 Å². The fraction of sp³-hybridized carbons (Fsp3) is 0.125. The lowest BCUT2D eigenvalue weighted by molar-refractivity contribution is -0.114. The van der Waals surface area contributed by atoms with Crippen LogP contribution in [-0.4, -0.2) is 17.8 Å². The summed E-state index contributed by atoms with van der Waals surface area (Å²) < 4.78 is 0. The summed E-state index contributed by atoms with van der Waals surface area (Å²) in [5.74, 6) is -0.363. The quantitative estimate of drug-likeness (QED) is 0.505. The lowest BCUT2D eigenvalue weighted by Gasteiger charge is -2.13. The first kappa shape index (κ1) is 20.2. The van der Waals surface area contributed by atoms with E-state index in [1.807, 2.05) is 49.4 Å². The van der Waals surface area contributed by atoms with Gasteiger partial charge in [0.2, 0.25) is 5.91 Å². The molecule has 0 bridgehead atoms. The van der Waals surface area contributed by atoms with Crippen molar-refractivity contribution in [2.45, 2.75) is 20.4 Å². The summed E-state index contributed by atoms with van der Waals surface area (Å²) in [6.45, 7) is 3.82. The molecule has 4 N–H and O–H groups in total. The summed E-state index contributed by atoms with van der Waals surface area (Å²) >= 11 is 0. The van der Waals surface area contributed by atoms with Crippen LogP contribution in [0.1, 0.15) is 28.4 Å². The van der Waals surface area contributed by atoms with E-state index in [1.165, 1.54) is 6.92 Å². The van der Waals surface area contributed by atoms with Crippen molar-refractivity contribution < 1.29 is 14.4 Å². The molecule has 0 unspecified atom stereocenters. The Hall–Kier alpha value is -4.13. The predicted molar refractivity (Wildman–Crippen MR) is 121 cm³/mol. The summed E-state index contributed by atoms with van der Waals surface area (Å²) in [4.78, 5) is 35.9. The largest absolute Gasteiger partial charge is 0.348 e. The third kappa shape index (κ3) is 4.56. The molecule has 156 valence electrons. The second kappa shape index (κ2) is 8.31. The summed E-state index contributed by atoms with van der Waals surface area (Å²) in [6.07, 6.45) is 0. The van der Waals surface area contributed by atoms with Crippen LogP contribution in [0.2, 0.25) is 0 Å². The van der Waals surface area contributed by atoms with Crippen LogP contribution >= 0.6 is 0 Å². The average molecular weight is 414 g/mol. The number of aryl methyl sites for hydroxylation is 1. The molecule has 1 aliphatic heterocycles. The molecule has 0 saturated heterocycles. The van der Waals surface area contributed by atoms with Crippen LogP contribution in [0.4, 0.5) is 21.9 Å². The van der Waals surface area contributed by atoms with Gasteiger partial charge in [-0.15, -0.1) is 0 Å². The van der Waals surface area contributed by atoms with Gasteiger partial charge in [-0.2, -0.15) is 0 Å². The van der Waals surface area contributed by atoms with Crippen molar-refractivity contribution in [1.29, 1.82) is 0 Å². The lowest BCUT2D eigenvalue weighted by atomic mass is 9.95. The highest BCUT2D eigenvalue weighted by Crippen LogP contribution is 2.33. The molecule has 0 spiro atoms. The van der Waals surface area contributed by atoms with Gasteiger partial charge in [-0.1, -0.05) is 24.3 Å². The molecule has 0 saturated carbocycles. The number of fused-ring (bicyclic) bond motifs is 1. The Morgan fingerprint density at radius 1 is 0.839 bits per heavy atom. The molecule has 3 aromatic carbocycles. The van der Waals surface area contributed by atoms with Gasteiger partial charge < -0.3 is 21.3 Å². The molecule has 0 atom stereocenters. The standard InChI is InChI=1S/C24H22N4O3/c1-14-4-3-5-18(10-14)28-24(31)27-17-8-6-16(7-9-17)20-11-19(26-15(2)29)12-21-22(20)13-25-23(21)30/h3-12H,13H2,1-2H3,(H,25,30)(H,26,29)(H2,27,28,31). The van der Waals surface area contributed by atoms with Gasteiger partial charge in [0.15, 0.2) is 0 Å². The highest BCUT2D eigenvalue weighted by Gasteiger charge is 2.23. The van der Waals surface area contributed by atoms with Gasteiger partial charge in [0.1, 0.15) is 0 Å². The van der Waals surface area contributed by atoms with E-state index in [2.05, 4.69) is 21.3 Å². The molecular formula is C24H22N4O3. The first-order valence-corrected chi connectivity index (χ1v) is 9.87. The number of anilines is 3. The summed E-state index contributed by atoms with van der Waals surface area (Å²) in [5, 5.41) is 11.2. The minimum atomic E-state index is -0.332. The number of hydrogen-bond acceptors (Lipinski definition) is 3. The predicted octanol–water partition coefficient (Wildman–Crippen LogP) is 4.51. The fourth-order valence-corrected chi connectivity index (χ4v) is 3.61. The minimum Gasteiger partial charge on any atom is -0.348 e. The van der Waals surface area contributed by atoms with E-state index in [1.54, 1.807) is 18.2 Å². The normalized spacial score (nSPS) is 12.0. The first-order chi connectivity index (χ1) is 14.9. The summed E-state index contributed by atoms with van der Waals surface area (Å²) in [7, 11) is 0. The third-order valence-electron chi connectivity index (χ3n) is 4.97. The van der Waals surface area contributed by atoms with Crippen molar-refractivity contribution in [3.63, 3.8) is 0 Å². The zero-order valence-corrected chi connectivity index (χ0v) is 17.2. The molecule has 7 nitrogen and oxygen atoms in total. The number of hydrogen-bond donors (Lipinski definition) is 4. The van der Waals surface area contributed by atoms with Gasteiger partial charge in [-0.05, 0) is 65.6 Å². The van der Waals surface area contributed by atoms with E-state index < -0.39 is 0 Å². The van der Waals surface area contributed by atoms with E-state index in [9.17, 15) is 14.4 Å². The van der Waals surface area contributed by atoms with E-state index in [0.29, 0.717) is 23.5 Å². The second-order valence-corrected chi connectivity index (χ2v) is 7.44. The molecule has 1 aliphatic rings. The van der Waals surface area contributed by atoms with Crippen molar-refractivity contribution in [3.8, 4) is 11.1 Å². The number of urea groups is 1. The van der Waals surface area contributed by atoms with Gasteiger partial charge in [-0.3, -0.25) is 9.59 Å². The number of carbonyl (C=O) groups is 3. The van der Waals surface area contributed by atoms with Crippen LogP contribution in [0.15, 0.2) is 60.7 Å². The maximum absolute atomic E-state index is 12.3. The summed E-state index contributed by atoms with van der Waals surface area (Å²) in [5.41, 5.74) is 6.16. The number of nitrogens with one attached hydrogen (secondary N) is 4. The molecular weight excluding hydrogens is 392 g/mol. The van der Waals surface area contributed by atoms with Gasteiger partial charge >= 0.3 is 6.03 Å². The van der Waals surface area contributed by atoms with Crippen molar-refractivity contribution in [1.82, 2.24) is 5.32 Å². The van der Waals surface area contributed by atoms with Crippen molar-refractivity contribution in [3.05, 3.63) is 77.4 Å². The highest BCUT2D eigenvalue weighted by molar-refractivity contribution is 6.03. The van der Waals surface area contributed by atoms with E-state index in [0.717, 1.165) is 27.9 Å². The lowest BCUT2D eigenvalue weighted by Crippen LogP contribution is -2.19. The van der Waals surface area contributed by atoms with Crippen molar-refractivity contribution in [2.75, 3.05) is 16.0 Å². The van der Waals surface area contributed by atoms with Crippen LogP contribution in [0.3, 0.4) is 0 Å². The molecule has 4 rings (SSSR count). The zero-order chi connectivity index (χ0) is 22.0. The second-order valence-electron chi connectivity index (χ2n) is 7.44. The zero-order valence-electron chi connectivity index (χ0n) is 17.2. The molecule has 0 radical (unpaired) electrons. The molecule has 4 amide bonds. The molecule has 7 heteroatoms. The van der Waals surface area contributed by atoms with Gasteiger partial charge in [0.25, 0.3) is 5.91 Å². The molecule has 0 fully saturated rings. The SMILES string of the molecule is CC(=O)Nc1cc2c(c(-c3ccc(NC(=O)Nc4cccc(C)c4)cc3)c1)CNC2=O. The Balaban J connectivity index is 1.55. The molecule has 0 aromatic heterocycles. The Morgan fingerprint density at radius 3 is 2.26 bits per heavy atom. The summed E-state index contributed by atoms with van der Waals surface area (Å²) in [6, 6.07) is 18.1. The number of benzene rings is 3. The van der Waals surface area contributed by atoms with Crippen LogP contribution in [0.5, 0.6) is 0 Å². The fourth-order valence-electron chi connectivity index (χ4n) is 3.61. The van der Waals surface area contributed by atoms with Gasteiger partial charge in [-0.25, -0.2) is 4.79 Å². The minimum absolute atomic E-state index is 0.158. The third-order valence-corrected chi connectivity index (χ3v) is 4.97. The van der Waals surface area contributed by atoms with Crippen molar-refractivity contribution >= 4 is 34.9 Å². The maximum atomic E-state index is 12.3. The Kier molecular flexibility index (Phi) is 5.41.